The molecule has 0 aromatic heterocycles. The SMILES string of the molecule is CC(C)=C/C(NSC1CC1c1ccc(O)cc1)=C(/Nc1ccc(C)cc1F)N(C)C=O. The van der Waals surface area contributed by atoms with E-state index in [4.69, 9.17) is 0 Å². The molecule has 164 valence electrons. The molecule has 5 nitrogen and oxygen atoms in total. The molecule has 2 aromatic carbocycles. The van der Waals surface area contributed by atoms with Gasteiger partial charge in [0.15, 0.2) is 0 Å². The predicted molar refractivity (Wildman–Crippen MR) is 125 cm³/mol. The molecule has 0 saturated heterocycles. The van der Waals surface area contributed by atoms with E-state index in [1.54, 1.807) is 37.2 Å². The number of aromatic hydroxyl groups is 1. The van der Waals surface area contributed by atoms with Crippen molar-refractivity contribution >= 4 is 24.0 Å². The monoisotopic (exact) mass is 441 g/mol. The maximum absolute atomic E-state index is 14.4. The zero-order valence-electron chi connectivity index (χ0n) is 18.1. The van der Waals surface area contributed by atoms with Crippen LogP contribution in [0.3, 0.4) is 0 Å². The van der Waals surface area contributed by atoms with E-state index >= 15 is 0 Å². The van der Waals surface area contributed by atoms with Crippen LogP contribution in [0.1, 0.15) is 37.3 Å². The van der Waals surface area contributed by atoms with E-state index < -0.39 is 0 Å². The quantitative estimate of drug-likeness (QED) is 0.281. The van der Waals surface area contributed by atoms with Crippen molar-refractivity contribution in [3.63, 3.8) is 0 Å². The molecule has 1 aliphatic carbocycles. The van der Waals surface area contributed by atoms with Crippen LogP contribution in [0.2, 0.25) is 0 Å². The summed E-state index contributed by atoms with van der Waals surface area (Å²) in [5, 5.41) is 12.9. The number of carbonyl (C=O) groups excluding carboxylic acids is 1. The minimum atomic E-state index is -0.379. The van der Waals surface area contributed by atoms with Crippen LogP contribution in [0.25, 0.3) is 0 Å². The molecule has 0 aliphatic heterocycles. The summed E-state index contributed by atoms with van der Waals surface area (Å²) in [6, 6.07) is 12.2. The fraction of sp³-hybridized carbons (Fsp3) is 0.292. The average molecular weight is 442 g/mol. The normalized spacial score (nSPS) is 18.0. The van der Waals surface area contributed by atoms with Gasteiger partial charge in [-0.1, -0.05) is 23.8 Å². The third-order valence-corrected chi connectivity index (χ3v) is 6.11. The molecule has 0 heterocycles. The number of nitrogens with zero attached hydrogens (tertiary/aromatic N) is 1. The summed E-state index contributed by atoms with van der Waals surface area (Å²) in [5.74, 6) is 0.751. The largest absolute Gasteiger partial charge is 0.508 e. The number of benzene rings is 2. The number of anilines is 1. The first-order chi connectivity index (χ1) is 14.8. The van der Waals surface area contributed by atoms with Crippen molar-refractivity contribution in [2.24, 2.45) is 0 Å². The molecule has 0 spiro atoms. The molecule has 0 bridgehead atoms. The molecule has 2 aromatic rings. The van der Waals surface area contributed by atoms with Crippen molar-refractivity contribution in [3.05, 3.63) is 82.6 Å². The van der Waals surface area contributed by atoms with E-state index in [2.05, 4.69) is 10.0 Å². The molecule has 0 radical (unpaired) electrons. The summed E-state index contributed by atoms with van der Waals surface area (Å²) >= 11 is 1.58. The zero-order valence-corrected chi connectivity index (χ0v) is 19.0. The van der Waals surface area contributed by atoms with Gasteiger partial charge in [0, 0.05) is 12.3 Å². The van der Waals surface area contributed by atoms with E-state index in [-0.39, 0.29) is 11.6 Å². The highest BCUT2D eigenvalue weighted by molar-refractivity contribution is 7.98. The highest BCUT2D eigenvalue weighted by Crippen LogP contribution is 2.48. The Labute approximate surface area is 187 Å². The number of phenols is 1. The number of amides is 1. The molecule has 3 rings (SSSR count). The van der Waals surface area contributed by atoms with Crippen molar-refractivity contribution in [1.82, 2.24) is 9.62 Å². The van der Waals surface area contributed by atoms with Crippen LogP contribution in [0.4, 0.5) is 10.1 Å². The standard InChI is InChI=1S/C24H28FN3O2S/c1-15(2)11-22(27-31-23-13-19(23)17-6-8-18(30)9-7-17)24(28(4)14-29)26-21-10-5-16(3)12-20(21)25/h5-12,14,19,23,26-27,30H,13H2,1-4H3/b24-22+. The molecular weight excluding hydrogens is 413 g/mol. The molecule has 1 amide bonds. The molecule has 2 unspecified atom stereocenters. The number of carbonyl (C=O) groups is 1. The molecule has 31 heavy (non-hydrogen) atoms. The lowest BCUT2D eigenvalue weighted by Crippen LogP contribution is -2.26. The third-order valence-electron chi connectivity index (χ3n) is 4.95. The number of nitrogens with one attached hydrogen (secondary N) is 2. The zero-order chi connectivity index (χ0) is 22.5. The van der Waals surface area contributed by atoms with Gasteiger partial charge < -0.3 is 20.0 Å². The van der Waals surface area contributed by atoms with Gasteiger partial charge in [0.05, 0.1) is 11.4 Å². The van der Waals surface area contributed by atoms with Gasteiger partial charge in [0.25, 0.3) is 0 Å². The topological polar surface area (TPSA) is 64.6 Å². The van der Waals surface area contributed by atoms with Crippen LogP contribution in [0.5, 0.6) is 5.75 Å². The van der Waals surface area contributed by atoms with Gasteiger partial charge in [-0.2, -0.15) is 0 Å². The second kappa shape index (κ2) is 9.92. The van der Waals surface area contributed by atoms with Crippen LogP contribution in [0.15, 0.2) is 65.6 Å². The Morgan fingerprint density at radius 1 is 1.23 bits per heavy atom. The van der Waals surface area contributed by atoms with Gasteiger partial charge in [-0.25, -0.2) is 4.39 Å². The van der Waals surface area contributed by atoms with E-state index in [1.807, 2.05) is 45.0 Å². The lowest BCUT2D eigenvalue weighted by Gasteiger charge is -2.22. The fourth-order valence-corrected chi connectivity index (χ4v) is 4.25. The van der Waals surface area contributed by atoms with Crippen molar-refractivity contribution in [1.29, 1.82) is 0 Å². The van der Waals surface area contributed by atoms with Crippen LogP contribution >= 0.6 is 11.9 Å². The van der Waals surface area contributed by atoms with Crippen molar-refractivity contribution in [2.75, 3.05) is 12.4 Å². The van der Waals surface area contributed by atoms with Crippen molar-refractivity contribution in [3.8, 4) is 5.75 Å². The summed E-state index contributed by atoms with van der Waals surface area (Å²) in [4.78, 5) is 13.0. The Morgan fingerprint density at radius 3 is 2.55 bits per heavy atom. The first-order valence-electron chi connectivity index (χ1n) is 10.1. The van der Waals surface area contributed by atoms with Crippen LogP contribution in [-0.2, 0) is 4.79 Å². The van der Waals surface area contributed by atoms with Gasteiger partial charge >= 0.3 is 0 Å². The number of halogens is 1. The summed E-state index contributed by atoms with van der Waals surface area (Å²) in [6.07, 6.45) is 3.64. The molecular formula is C24H28FN3O2S. The lowest BCUT2D eigenvalue weighted by atomic mass is 10.1. The van der Waals surface area contributed by atoms with Gasteiger partial charge in [-0.05, 0) is 86.5 Å². The second-order valence-electron chi connectivity index (χ2n) is 8.00. The van der Waals surface area contributed by atoms with E-state index in [9.17, 15) is 14.3 Å². The maximum Gasteiger partial charge on any atom is 0.215 e. The summed E-state index contributed by atoms with van der Waals surface area (Å²) in [5.41, 5.74) is 4.04. The molecule has 1 fully saturated rings. The number of hydrogen-bond acceptors (Lipinski definition) is 5. The number of allylic oxidation sites excluding steroid dienone is 2. The lowest BCUT2D eigenvalue weighted by molar-refractivity contribution is -0.115. The summed E-state index contributed by atoms with van der Waals surface area (Å²) in [7, 11) is 1.63. The van der Waals surface area contributed by atoms with Gasteiger partial charge in [-0.15, -0.1) is 0 Å². The Morgan fingerprint density at radius 2 is 1.94 bits per heavy atom. The van der Waals surface area contributed by atoms with E-state index in [0.717, 1.165) is 17.6 Å². The number of hydrogen-bond donors (Lipinski definition) is 3. The molecule has 2 atom stereocenters. The molecule has 3 N–H and O–H groups in total. The Bertz CT molecular complexity index is 1000. The van der Waals surface area contributed by atoms with E-state index in [1.165, 1.54) is 16.5 Å². The second-order valence-corrected chi connectivity index (χ2v) is 9.05. The molecule has 1 aliphatic rings. The highest BCUT2D eigenvalue weighted by atomic mass is 32.2. The minimum absolute atomic E-state index is 0.261. The Kier molecular flexibility index (Phi) is 7.28. The summed E-state index contributed by atoms with van der Waals surface area (Å²) < 4.78 is 17.8. The smallest absolute Gasteiger partial charge is 0.215 e. The molecule has 1 saturated carbocycles. The number of aryl methyl sites for hydroxylation is 1. The number of phenolic OH excluding ortho intramolecular Hbond substituents is 1. The average Bonchev–Trinajstić information content (AvgIpc) is 3.50. The van der Waals surface area contributed by atoms with Crippen molar-refractivity contribution < 1.29 is 14.3 Å². The Balaban J connectivity index is 1.81. The predicted octanol–water partition coefficient (Wildman–Crippen LogP) is 5.27. The van der Waals surface area contributed by atoms with Gasteiger partial charge in [-0.3, -0.25) is 4.79 Å². The minimum Gasteiger partial charge on any atom is -0.508 e. The van der Waals surface area contributed by atoms with Crippen molar-refractivity contribution in [2.45, 2.75) is 38.4 Å². The fourth-order valence-electron chi connectivity index (χ4n) is 3.20. The Hall–Kier alpha value is -2.93. The first kappa shape index (κ1) is 22.7. The molecule has 7 heteroatoms. The first-order valence-corrected chi connectivity index (χ1v) is 11.0. The summed E-state index contributed by atoms with van der Waals surface area (Å²) in [6.45, 7) is 5.76. The van der Waals surface area contributed by atoms with Gasteiger partial charge in [0.1, 0.15) is 17.4 Å². The maximum atomic E-state index is 14.4. The van der Waals surface area contributed by atoms with Crippen LogP contribution in [-0.4, -0.2) is 28.7 Å². The van der Waals surface area contributed by atoms with Gasteiger partial charge in [0.2, 0.25) is 6.41 Å². The highest BCUT2D eigenvalue weighted by Gasteiger charge is 2.39. The van der Waals surface area contributed by atoms with Crippen LogP contribution < -0.4 is 10.0 Å². The third kappa shape index (κ3) is 6.04. The van der Waals surface area contributed by atoms with E-state index in [0.29, 0.717) is 34.8 Å². The number of rotatable bonds is 9. The van der Waals surface area contributed by atoms with Crippen LogP contribution in [0, 0.1) is 12.7 Å².